The van der Waals surface area contributed by atoms with E-state index < -0.39 is 9.84 Å². The third kappa shape index (κ3) is 2.82. The van der Waals surface area contributed by atoms with Crippen molar-refractivity contribution in [3.05, 3.63) is 0 Å². The molecule has 6 nitrogen and oxygen atoms in total. The van der Waals surface area contributed by atoms with Gasteiger partial charge in [-0.3, -0.25) is 9.59 Å². The maximum Gasteiger partial charge on any atom is 0.226 e. The Kier molecular flexibility index (Phi) is 3.61. The van der Waals surface area contributed by atoms with Gasteiger partial charge in [-0.15, -0.1) is 0 Å². The zero-order valence-electron chi connectivity index (χ0n) is 10.5. The first-order valence-corrected chi connectivity index (χ1v) is 7.96. The minimum absolute atomic E-state index is 0.0151. The van der Waals surface area contributed by atoms with Crippen LogP contribution in [-0.4, -0.2) is 67.7 Å². The average molecular weight is 274 g/mol. The quantitative estimate of drug-likeness (QED) is 0.622. The van der Waals surface area contributed by atoms with Crippen LogP contribution in [0.2, 0.25) is 0 Å². The van der Waals surface area contributed by atoms with Crippen LogP contribution in [0.15, 0.2) is 0 Å². The van der Waals surface area contributed by atoms with Gasteiger partial charge in [0.2, 0.25) is 11.8 Å². The topological polar surface area (TPSA) is 74.8 Å². The molecule has 2 saturated heterocycles. The van der Waals surface area contributed by atoms with Gasteiger partial charge in [0.05, 0.1) is 17.4 Å². The molecule has 0 bridgehead atoms. The largest absolute Gasteiger partial charge is 0.339 e. The molecule has 0 radical (unpaired) electrons. The lowest BCUT2D eigenvalue weighted by molar-refractivity contribution is -0.140. The maximum absolute atomic E-state index is 12.1. The Labute approximate surface area is 107 Å². The molecule has 0 aromatic carbocycles. The van der Waals surface area contributed by atoms with E-state index >= 15 is 0 Å². The highest BCUT2D eigenvalue weighted by molar-refractivity contribution is 7.91. The molecular formula is C11H18N2O4S. The molecule has 102 valence electrons. The molecule has 0 spiro atoms. The van der Waals surface area contributed by atoms with Gasteiger partial charge < -0.3 is 9.80 Å². The van der Waals surface area contributed by atoms with Gasteiger partial charge in [0, 0.05) is 33.1 Å². The van der Waals surface area contributed by atoms with Gasteiger partial charge in [0.25, 0.3) is 0 Å². The second kappa shape index (κ2) is 4.87. The smallest absolute Gasteiger partial charge is 0.226 e. The summed E-state index contributed by atoms with van der Waals surface area (Å²) in [6.45, 7) is 3.62. The van der Waals surface area contributed by atoms with E-state index in [1.807, 2.05) is 0 Å². The monoisotopic (exact) mass is 274 g/mol. The first-order valence-electron chi connectivity index (χ1n) is 6.14. The van der Waals surface area contributed by atoms with Gasteiger partial charge in [0.15, 0.2) is 9.84 Å². The summed E-state index contributed by atoms with van der Waals surface area (Å²) >= 11 is 0. The molecule has 0 unspecified atom stereocenters. The lowest BCUT2D eigenvalue weighted by atomic mass is 10.1. The van der Waals surface area contributed by atoms with Gasteiger partial charge in [-0.25, -0.2) is 8.42 Å². The average Bonchev–Trinajstić information content (AvgIpc) is 2.69. The van der Waals surface area contributed by atoms with Crippen LogP contribution in [0.5, 0.6) is 0 Å². The van der Waals surface area contributed by atoms with Crippen LogP contribution in [-0.2, 0) is 19.4 Å². The Bertz CT molecular complexity index is 452. The molecule has 0 aliphatic carbocycles. The third-order valence-electron chi connectivity index (χ3n) is 3.62. The number of carbonyl (C=O) groups is 2. The van der Waals surface area contributed by atoms with Crippen molar-refractivity contribution in [2.45, 2.75) is 13.3 Å². The molecule has 2 fully saturated rings. The van der Waals surface area contributed by atoms with Crippen molar-refractivity contribution in [1.29, 1.82) is 0 Å². The van der Waals surface area contributed by atoms with Crippen LogP contribution in [0.4, 0.5) is 0 Å². The first-order chi connectivity index (χ1) is 8.39. The van der Waals surface area contributed by atoms with E-state index in [0.29, 0.717) is 32.6 Å². The highest BCUT2D eigenvalue weighted by atomic mass is 32.2. The van der Waals surface area contributed by atoms with E-state index in [2.05, 4.69) is 0 Å². The highest BCUT2D eigenvalue weighted by Gasteiger charge is 2.36. The van der Waals surface area contributed by atoms with Crippen LogP contribution >= 0.6 is 0 Å². The number of amides is 2. The summed E-state index contributed by atoms with van der Waals surface area (Å²) in [5.74, 6) is -0.320. The Morgan fingerprint density at radius 2 is 1.61 bits per heavy atom. The first kappa shape index (κ1) is 13.3. The lowest BCUT2D eigenvalue weighted by Gasteiger charge is -2.35. The Morgan fingerprint density at radius 3 is 2.06 bits per heavy atom. The molecule has 0 N–H and O–H groups in total. The van der Waals surface area contributed by atoms with Crippen molar-refractivity contribution in [2.75, 3.05) is 37.7 Å². The summed E-state index contributed by atoms with van der Waals surface area (Å²) in [7, 11) is -3.02. The molecular weight excluding hydrogens is 256 g/mol. The molecule has 2 heterocycles. The maximum atomic E-state index is 12.1. The van der Waals surface area contributed by atoms with Crippen LogP contribution < -0.4 is 0 Å². The van der Waals surface area contributed by atoms with E-state index in [1.54, 1.807) is 9.80 Å². The predicted molar refractivity (Wildman–Crippen MR) is 65.6 cm³/mol. The fourth-order valence-electron chi connectivity index (χ4n) is 2.49. The van der Waals surface area contributed by atoms with Crippen molar-refractivity contribution >= 4 is 21.7 Å². The molecule has 2 rings (SSSR count). The second-order valence-electron chi connectivity index (χ2n) is 4.93. The second-order valence-corrected chi connectivity index (χ2v) is 7.16. The molecule has 0 aromatic rings. The Balaban J connectivity index is 1.90. The van der Waals surface area contributed by atoms with Gasteiger partial charge in [0.1, 0.15) is 0 Å². The van der Waals surface area contributed by atoms with Crippen LogP contribution in [0.1, 0.15) is 13.3 Å². The molecule has 2 amide bonds. The van der Waals surface area contributed by atoms with Crippen LogP contribution in [0, 0.1) is 5.92 Å². The van der Waals surface area contributed by atoms with Gasteiger partial charge >= 0.3 is 0 Å². The molecule has 1 atom stereocenters. The van der Waals surface area contributed by atoms with Crippen molar-refractivity contribution in [1.82, 2.24) is 9.80 Å². The number of sulfone groups is 1. The lowest BCUT2D eigenvalue weighted by Crippen LogP contribution is -2.51. The SMILES string of the molecule is CC(=O)N1CCN(C(=O)[C@@H]2CCS(=O)(=O)C2)CC1. The molecule has 0 aromatic heterocycles. The van der Waals surface area contributed by atoms with E-state index in [9.17, 15) is 18.0 Å². The summed E-state index contributed by atoms with van der Waals surface area (Å²) in [5.41, 5.74) is 0. The van der Waals surface area contributed by atoms with Crippen molar-refractivity contribution in [3.8, 4) is 0 Å². The summed E-state index contributed by atoms with van der Waals surface area (Å²) in [6, 6.07) is 0. The van der Waals surface area contributed by atoms with Crippen molar-refractivity contribution in [3.63, 3.8) is 0 Å². The number of carbonyl (C=O) groups excluding carboxylic acids is 2. The molecule has 2 aliphatic heterocycles. The predicted octanol–water partition coefficient (Wildman–Crippen LogP) is -0.888. The Hall–Kier alpha value is -1.11. The summed E-state index contributed by atoms with van der Waals surface area (Å²) in [5, 5.41) is 0. The number of nitrogens with zero attached hydrogens (tertiary/aromatic N) is 2. The third-order valence-corrected chi connectivity index (χ3v) is 5.39. The standard InChI is InChI=1S/C11H18N2O4S/c1-9(14)12-3-5-13(6-4-12)11(15)10-2-7-18(16,17)8-10/h10H,2-8H2,1H3/t10-/m1/s1. The highest BCUT2D eigenvalue weighted by Crippen LogP contribution is 2.21. The summed E-state index contributed by atoms with van der Waals surface area (Å²) < 4.78 is 22.7. The normalized spacial score (nSPS) is 27.3. The molecule has 18 heavy (non-hydrogen) atoms. The fraction of sp³-hybridized carbons (Fsp3) is 0.818. The van der Waals surface area contributed by atoms with E-state index in [1.165, 1.54) is 6.92 Å². The van der Waals surface area contributed by atoms with Crippen molar-refractivity contribution < 1.29 is 18.0 Å². The fourth-order valence-corrected chi connectivity index (χ4v) is 4.22. The van der Waals surface area contributed by atoms with E-state index in [-0.39, 0.29) is 29.2 Å². The van der Waals surface area contributed by atoms with Crippen molar-refractivity contribution in [2.24, 2.45) is 5.92 Å². The van der Waals surface area contributed by atoms with Gasteiger partial charge in [-0.1, -0.05) is 0 Å². The number of piperazine rings is 1. The molecule has 7 heteroatoms. The number of rotatable bonds is 1. The van der Waals surface area contributed by atoms with E-state index in [4.69, 9.17) is 0 Å². The number of hydrogen-bond donors (Lipinski definition) is 0. The molecule has 0 saturated carbocycles. The summed E-state index contributed by atoms with van der Waals surface area (Å²) in [6.07, 6.45) is 0.439. The zero-order valence-corrected chi connectivity index (χ0v) is 11.3. The number of hydrogen-bond acceptors (Lipinski definition) is 4. The van der Waals surface area contributed by atoms with Crippen LogP contribution in [0.25, 0.3) is 0 Å². The van der Waals surface area contributed by atoms with Crippen LogP contribution in [0.3, 0.4) is 0 Å². The van der Waals surface area contributed by atoms with Gasteiger partial charge in [-0.05, 0) is 6.42 Å². The zero-order chi connectivity index (χ0) is 13.3. The van der Waals surface area contributed by atoms with E-state index in [0.717, 1.165) is 0 Å². The minimum atomic E-state index is -3.02. The minimum Gasteiger partial charge on any atom is -0.339 e. The molecule has 2 aliphatic rings. The van der Waals surface area contributed by atoms with Gasteiger partial charge in [-0.2, -0.15) is 0 Å². The Morgan fingerprint density at radius 1 is 1.06 bits per heavy atom. The summed E-state index contributed by atoms with van der Waals surface area (Å²) in [4.78, 5) is 26.7.